The highest BCUT2D eigenvalue weighted by molar-refractivity contribution is 7.89. The van der Waals surface area contributed by atoms with Gasteiger partial charge in [-0.15, -0.1) is 0 Å². The maximum absolute atomic E-state index is 12.3. The van der Waals surface area contributed by atoms with Gasteiger partial charge in [0, 0.05) is 0 Å². The van der Waals surface area contributed by atoms with Gasteiger partial charge in [0.15, 0.2) is 6.10 Å². The molecular weight excluding hydrogens is 394 g/mol. The van der Waals surface area contributed by atoms with Crippen LogP contribution in [0.1, 0.15) is 38.1 Å². The van der Waals surface area contributed by atoms with Crippen molar-refractivity contribution in [3.63, 3.8) is 0 Å². The van der Waals surface area contributed by atoms with Crippen LogP contribution in [0, 0.1) is 17.2 Å². The minimum Gasteiger partial charge on any atom is -0.449 e. The van der Waals surface area contributed by atoms with E-state index in [0.29, 0.717) is 0 Å². The minimum absolute atomic E-state index is 0.0617. The van der Waals surface area contributed by atoms with Crippen LogP contribution >= 0.6 is 11.6 Å². The number of nitrogens with zero attached hydrogens (tertiary/aromatic N) is 1. The van der Waals surface area contributed by atoms with Gasteiger partial charge in [-0.3, -0.25) is 4.79 Å². The summed E-state index contributed by atoms with van der Waals surface area (Å²) in [5.41, 5.74) is -1.20. The molecule has 0 aliphatic rings. The van der Waals surface area contributed by atoms with E-state index in [4.69, 9.17) is 16.3 Å². The summed E-state index contributed by atoms with van der Waals surface area (Å²) in [6, 6.07) is 5.63. The summed E-state index contributed by atoms with van der Waals surface area (Å²) in [5.74, 6) is -1.71. The van der Waals surface area contributed by atoms with Crippen LogP contribution in [0.2, 0.25) is 5.02 Å². The van der Waals surface area contributed by atoms with Gasteiger partial charge in [0.1, 0.15) is 10.4 Å². The van der Waals surface area contributed by atoms with Crippen molar-refractivity contribution in [1.82, 2.24) is 10.0 Å². The third kappa shape index (κ3) is 5.42. The standard InChI is InChI=1S/C17H22ClN3O5S/c1-10(2)17(4,9-19)21-15(22)11(3)26-16(23)12-6-7-13(18)14(8-12)27(24,25)20-5/h6-8,10-11,20H,1-5H3,(H,21,22)/t11-,17+/m0/s1. The molecule has 0 radical (unpaired) electrons. The monoisotopic (exact) mass is 415 g/mol. The summed E-state index contributed by atoms with van der Waals surface area (Å²) in [6.45, 7) is 6.47. The number of nitrogens with one attached hydrogen (secondary N) is 2. The first-order valence-electron chi connectivity index (χ1n) is 8.05. The van der Waals surface area contributed by atoms with E-state index >= 15 is 0 Å². The van der Waals surface area contributed by atoms with E-state index in [-0.39, 0.29) is 21.4 Å². The van der Waals surface area contributed by atoms with Crippen LogP contribution in [0.4, 0.5) is 0 Å². The van der Waals surface area contributed by atoms with Gasteiger partial charge in [0.25, 0.3) is 5.91 Å². The van der Waals surface area contributed by atoms with Gasteiger partial charge in [0.2, 0.25) is 10.0 Å². The smallest absolute Gasteiger partial charge is 0.338 e. The average Bonchev–Trinajstić information content (AvgIpc) is 2.61. The lowest BCUT2D eigenvalue weighted by Gasteiger charge is -2.28. The number of carbonyl (C=O) groups excluding carboxylic acids is 2. The number of hydrogen-bond donors (Lipinski definition) is 2. The quantitative estimate of drug-likeness (QED) is 0.654. The summed E-state index contributed by atoms with van der Waals surface area (Å²) in [5, 5.41) is 11.7. The number of sulfonamides is 1. The molecule has 148 valence electrons. The highest BCUT2D eigenvalue weighted by Gasteiger charge is 2.32. The molecule has 0 aliphatic carbocycles. The molecule has 1 rings (SSSR count). The van der Waals surface area contributed by atoms with E-state index in [2.05, 4.69) is 10.0 Å². The zero-order valence-electron chi connectivity index (χ0n) is 15.7. The second-order valence-corrected chi connectivity index (χ2v) is 8.62. The van der Waals surface area contributed by atoms with Crippen molar-refractivity contribution in [3.8, 4) is 6.07 Å². The molecule has 1 aromatic rings. The van der Waals surface area contributed by atoms with Gasteiger partial charge in [0.05, 0.1) is 16.7 Å². The van der Waals surface area contributed by atoms with Crippen molar-refractivity contribution in [1.29, 1.82) is 5.26 Å². The molecule has 0 aromatic heterocycles. The topological polar surface area (TPSA) is 125 Å². The van der Waals surface area contributed by atoms with Gasteiger partial charge in [-0.1, -0.05) is 25.4 Å². The van der Waals surface area contributed by atoms with E-state index in [1.54, 1.807) is 20.8 Å². The van der Waals surface area contributed by atoms with Gasteiger partial charge in [-0.05, 0) is 45.0 Å². The molecule has 2 atom stereocenters. The van der Waals surface area contributed by atoms with Crippen LogP contribution in [-0.4, -0.2) is 39.0 Å². The Labute approximate surface area is 163 Å². The normalized spacial score (nSPS) is 14.7. The molecular formula is C17H22ClN3O5S. The Bertz CT molecular complexity index is 879. The lowest BCUT2D eigenvalue weighted by atomic mass is 9.90. The minimum atomic E-state index is -3.87. The number of benzene rings is 1. The second kappa shape index (κ2) is 8.69. The molecule has 27 heavy (non-hydrogen) atoms. The Morgan fingerprint density at radius 2 is 1.89 bits per heavy atom. The van der Waals surface area contributed by atoms with E-state index in [1.165, 1.54) is 26.1 Å². The molecule has 0 aliphatic heterocycles. The molecule has 0 spiro atoms. The Balaban J connectivity index is 2.98. The average molecular weight is 416 g/mol. The van der Waals surface area contributed by atoms with Gasteiger partial charge < -0.3 is 10.1 Å². The molecule has 10 heteroatoms. The van der Waals surface area contributed by atoms with Gasteiger partial charge in [-0.2, -0.15) is 5.26 Å². The predicted octanol–water partition coefficient (Wildman–Crippen LogP) is 1.85. The van der Waals surface area contributed by atoms with Crippen LogP contribution in [-0.2, 0) is 19.6 Å². The van der Waals surface area contributed by atoms with Crippen LogP contribution in [0.5, 0.6) is 0 Å². The van der Waals surface area contributed by atoms with Crippen LogP contribution < -0.4 is 10.0 Å². The van der Waals surface area contributed by atoms with E-state index < -0.39 is 33.5 Å². The van der Waals surface area contributed by atoms with Crippen molar-refractivity contribution in [2.24, 2.45) is 5.92 Å². The highest BCUT2D eigenvalue weighted by atomic mass is 35.5. The second-order valence-electron chi connectivity index (χ2n) is 6.36. The third-order valence-corrected chi connectivity index (χ3v) is 6.04. The number of nitriles is 1. The molecule has 0 saturated carbocycles. The SMILES string of the molecule is CNS(=O)(=O)c1cc(C(=O)O[C@@H](C)C(=O)N[C@](C)(C#N)C(C)C)ccc1Cl. The van der Waals surface area contributed by atoms with Crippen LogP contribution in [0.15, 0.2) is 23.1 Å². The Morgan fingerprint density at radius 3 is 2.37 bits per heavy atom. The first-order valence-corrected chi connectivity index (χ1v) is 9.91. The Morgan fingerprint density at radius 1 is 1.30 bits per heavy atom. The molecule has 0 saturated heterocycles. The van der Waals surface area contributed by atoms with Crippen molar-refractivity contribution in [2.45, 2.75) is 44.2 Å². The Hall–Kier alpha value is -2.15. The summed E-state index contributed by atoms with van der Waals surface area (Å²) in [7, 11) is -2.66. The first-order chi connectivity index (χ1) is 12.4. The van der Waals surface area contributed by atoms with Crippen LogP contribution in [0.3, 0.4) is 0 Å². The number of amides is 1. The number of halogens is 1. The number of carbonyl (C=O) groups is 2. The largest absolute Gasteiger partial charge is 0.449 e. The van der Waals surface area contributed by atoms with Crippen molar-refractivity contribution >= 4 is 33.5 Å². The molecule has 0 fully saturated rings. The first kappa shape index (κ1) is 22.9. The molecule has 0 heterocycles. The molecule has 1 aromatic carbocycles. The zero-order chi connectivity index (χ0) is 21.0. The third-order valence-electron chi connectivity index (χ3n) is 4.15. The number of hydrogen-bond acceptors (Lipinski definition) is 6. The van der Waals surface area contributed by atoms with E-state index in [1.807, 2.05) is 6.07 Å². The number of esters is 1. The van der Waals surface area contributed by atoms with E-state index in [0.717, 1.165) is 6.07 Å². The molecule has 0 bridgehead atoms. The number of ether oxygens (including phenoxy) is 1. The number of rotatable bonds is 7. The molecule has 1 amide bonds. The lowest BCUT2D eigenvalue weighted by Crippen LogP contribution is -2.52. The lowest BCUT2D eigenvalue weighted by molar-refractivity contribution is -0.130. The molecule has 2 N–H and O–H groups in total. The Kier molecular flexibility index (Phi) is 7.37. The fourth-order valence-electron chi connectivity index (χ4n) is 1.89. The molecule has 8 nitrogen and oxygen atoms in total. The fourth-order valence-corrected chi connectivity index (χ4v) is 3.14. The maximum Gasteiger partial charge on any atom is 0.338 e. The summed E-state index contributed by atoms with van der Waals surface area (Å²) in [6.07, 6.45) is -1.19. The predicted molar refractivity (Wildman–Crippen MR) is 99.6 cm³/mol. The van der Waals surface area contributed by atoms with Crippen LogP contribution in [0.25, 0.3) is 0 Å². The summed E-state index contributed by atoms with van der Waals surface area (Å²) in [4.78, 5) is 24.2. The van der Waals surface area contributed by atoms with E-state index in [9.17, 15) is 23.3 Å². The fraction of sp³-hybridized carbons (Fsp3) is 0.471. The van der Waals surface area contributed by atoms with Gasteiger partial charge >= 0.3 is 5.97 Å². The van der Waals surface area contributed by atoms with Crippen molar-refractivity contribution < 1.29 is 22.7 Å². The van der Waals surface area contributed by atoms with Crippen molar-refractivity contribution in [2.75, 3.05) is 7.05 Å². The van der Waals surface area contributed by atoms with Gasteiger partial charge in [-0.25, -0.2) is 17.9 Å². The summed E-state index contributed by atoms with van der Waals surface area (Å²) < 4.78 is 31.1. The zero-order valence-corrected chi connectivity index (χ0v) is 17.2. The maximum atomic E-state index is 12.3. The molecule has 0 unspecified atom stereocenters. The summed E-state index contributed by atoms with van der Waals surface area (Å²) >= 11 is 5.87. The van der Waals surface area contributed by atoms with Crippen molar-refractivity contribution in [3.05, 3.63) is 28.8 Å². The highest BCUT2D eigenvalue weighted by Crippen LogP contribution is 2.23.